The van der Waals surface area contributed by atoms with E-state index in [-0.39, 0.29) is 0 Å². The molecule has 0 bridgehead atoms. The normalized spacial score (nSPS) is 12.6. The predicted octanol–water partition coefficient (Wildman–Crippen LogP) is 3.97. The number of hydrogen-bond acceptors (Lipinski definition) is 0. The number of unbranched alkanes of at least 4 members (excludes halogenated alkanes) is 7. The highest BCUT2D eigenvalue weighted by Crippen LogP contribution is 2.07. The first kappa shape index (κ1) is 15.2. The average molecular weight is 248 g/mol. The van der Waals surface area contributed by atoms with Crippen molar-refractivity contribution in [2.75, 3.05) is 13.6 Å². The number of rotatable bonds is 10. The van der Waals surface area contributed by atoms with Gasteiger partial charge in [-0.15, -0.1) is 0 Å². The molecule has 0 aliphatic rings. The van der Waals surface area contributed by atoms with Crippen LogP contribution in [0.1, 0.15) is 58.3 Å². The van der Waals surface area contributed by atoms with E-state index in [4.69, 9.17) is 0 Å². The molecule has 0 aliphatic carbocycles. The van der Waals surface area contributed by atoms with Crippen molar-refractivity contribution in [3.8, 4) is 0 Å². The maximum Gasteiger partial charge on any atom is 0.130 e. The maximum atomic E-state index is 2.28. The van der Waals surface area contributed by atoms with Crippen molar-refractivity contribution in [1.82, 2.24) is 0 Å². The molecule has 102 valence electrons. The molecule has 0 amide bonds. The molecule has 0 saturated heterocycles. The molecular weight excluding hydrogens is 218 g/mol. The van der Waals surface area contributed by atoms with Crippen molar-refractivity contribution in [2.45, 2.75) is 58.3 Å². The highest BCUT2D eigenvalue weighted by molar-refractivity contribution is 5.27. The molecule has 0 radical (unpaired) electrons. The third-order valence-electron chi connectivity index (χ3n) is 3.67. The van der Waals surface area contributed by atoms with E-state index >= 15 is 0 Å². The van der Waals surface area contributed by atoms with Crippen LogP contribution in [0.3, 0.4) is 0 Å². The van der Waals surface area contributed by atoms with Crippen LogP contribution >= 0.6 is 0 Å². The van der Waals surface area contributed by atoms with Crippen LogP contribution in [0.25, 0.3) is 0 Å². The Morgan fingerprint density at radius 1 is 0.778 bits per heavy atom. The number of benzene rings is 1. The van der Waals surface area contributed by atoms with Crippen molar-refractivity contribution in [1.29, 1.82) is 0 Å². The Morgan fingerprint density at radius 3 is 1.94 bits per heavy atom. The van der Waals surface area contributed by atoms with E-state index in [1.807, 2.05) is 0 Å². The SMILES string of the molecule is CCCCCCCCCC[NH+](C)c1ccccc1. The van der Waals surface area contributed by atoms with Crippen molar-refractivity contribution >= 4 is 5.69 Å². The third-order valence-corrected chi connectivity index (χ3v) is 3.67. The second-order valence-electron chi connectivity index (χ2n) is 5.37. The van der Waals surface area contributed by atoms with Crippen LogP contribution < -0.4 is 4.90 Å². The monoisotopic (exact) mass is 248 g/mol. The summed E-state index contributed by atoms with van der Waals surface area (Å²) in [5.41, 5.74) is 1.42. The van der Waals surface area contributed by atoms with Gasteiger partial charge in [-0.2, -0.15) is 0 Å². The number of quaternary nitrogens is 1. The Bertz CT molecular complexity index is 281. The minimum atomic E-state index is 1.26. The van der Waals surface area contributed by atoms with Crippen molar-refractivity contribution in [2.24, 2.45) is 0 Å². The molecule has 0 aliphatic heterocycles. The van der Waals surface area contributed by atoms with Gasteiger partial charge >= 0.3 is 0 Å². The molecule has 1 atom stereocenters. The molecule has 0 spiro atoms. The Hall–Kier alpha value is -0.820. The largest absolute Gasteiger partial charge is 0.305 e. The molecule has 1 aromatic carbocycles. The van der Waals surface area contributed by atoms with Gasteiger partial charge < -0.3 is 4.90 Å². The molecule has 1 unspecified atom stereocenters. The minimum absolute atomic E-state index is 1.26. The van der Waals surface area contributed by atoms with Crippen LogP contribution in [0.15, 0.2) is 30.3 Å². The summed E-state index contributed by atoms with van der Waals surface area (Å²) in [6.07, 6.45) is 11.3. The summed E-state index contributed by atoms with van der Waals surface area (Å²) in [5.74, 6) is 0. The van der Waals surface area contributed by atoms with Gasteiger partial charge in [0, 0.05) is 0 Å². The summed E-state index contributed by atoms with van der Waals surface area (Å²) < 4.78 is 0. The van der Waals surface area contributed by atoms with Gasteiger partial charge in [0.25, 0.3) is 0 Å². The van der Waals surface area contributed by atoms with Crippen molar-refractivity contribution < 1.29 is 4.90 Å². The van der Waals surface area contributed by atoms with E-state index in [1.165, 1.54) is 63.6 Å². The fraction of sp³-hybridized carbons (Fsp3) is 0.647. The Balaban J connectivity index is 1.98. The smallest absolute Gasteiger partial charge is 0.130 e. The van der Waals surface area contributed by atoms with E-state index in [0.29, 0.717) is 0 Å². The highest BCUT2D eigenvalue weighted by Gasteiger charge is 2.04. The van der Waals surface area contributed by atoms with E-state index in [0.717, 1.165) is 0 Å². The number of para-hydroxylation sites is 1. The van der Waals surface area contributed by atoms with Crippen LogP contribution in [-0.2, 0) is 0 Å². The fourth-order valence-electron chi connectivity index (χ4n) is 2.39. The summed E-state index contributed by atoms with van der Waals surface area (Å²) in [7, 11) is 2.27. The molecule has 0 aromatic heterocycles. The van der Waals surface area contributed by atoms with Crippen molar-refractivity contribution in [3.63, 3.8) is 0 Å². The Kier molecular flexibility index (Phi) is 8.58. The molecule has 1 aromatic rings. The summed E-state index contributed by atoms with van der Waals surface area (Å²) >= 11 is 0. The standard InChI is InChI=1S/C17H29N/c1-3-4-5-6-7-8-9-13-16-18(2)17-14-11-10-12-15-17/h10-12,14-15H,3-9,13,16H2,1-2H3/p+1. The number of nitrogens with one attached hydrogen (secondary N) is 1. The van der Waals surface area contributed by atoms with Gasteiger partial charge in [-0.25, -0.2) is 0 Å². The molecular formula is C17H30N+. The zero-order valence-corrected chi connectivity index (χ0v) is 12.3. The molecule has 1 heteroatoms. The second kappa shape index (κ2) is 10.1. The third kappa shape index (κ3) is 6.80. The summed E-state index contributed by atoms with van der Waals surface area (Å²) in [6.45, 7) is 3.54. The van der Waals surface area contributed by atoms with E-state index in [9.17, 15) is 0 Å². The van der Waals surface area contributed by atoms with Gasteiger partial charge in [-0.3, -0.25) is 0 Å². The van der Waals surface area contributed by atoms with Crippen LogP contribution in [-0.4, -0.2) is 13.6 Å². The average Bonchev–Trinajstić information content (AvgIpc) is 2.42. The van der Waals surface area contributed by atoms with Gasteiger partial charge in [-0.1, -0.05) is 63.6 Å². The molecule has 0 heterocycles. The van der Waals surface area contributed by atoms with Crippen LogP contribution in [0.4, 0.5) is 5.69 Å². The van der Waals surface area contributed by atoms with Gasteiger partial charge in [0.2, 0.25) is 0 Å². The Morgan fingerprint density at radius 2 is 1.33 bits per heavy atom. The molecule has 1 nitrogen and oxygen atoms in total. The maximum absolute atomic E-state index is 2.28. The molecule has 0 saturated carbocycles. The lowest BCUT2D eigenvalue weighted by Crippen LogP contribution is -3.03. The van der Waals surface area contributed by atoms with Gasteiger partial charge in [0.05, 0.1) is 13.6 Å². The molecule has 0 fully saturated rings. The van der Waals surface area contributed by atoms with E-state index < -0.39 is 0 Å². The predicted molar refractivity (Wildman–Crippen MR) is 80.5 cm³/mol. The van der Waals surface area contributed by atoms with Crippen LogP contribution in [0, 0.1) is 0 Å². The van der Waals surface area contributed by atoms with Gasteiger partial charge in [-0.05, 0) is 25.0 Å². The first-order valence-electron chi connectivity index (χ1n) is 7.72. The van der Waals surface area contributed by atoms with E-state index in [1.54, 1.807) is 4.90 Å². The fourth-order valence-corrected chi connectivity index (χ4v) is 2.39. The lowest BCUT2D eigenvalue weighted by Gasteiger charge is -2.13. The van der Waals surface area contributed by atoms with Crippen LogP contribution in [0.5, 0.6) is 0 Å². The number of hydrogen-bond donors (Lipinski definition) is 1. The van der Waals surface area contributed by atoms with Crippen molar-refractivity contribution in [3.05, 3.63) is 30.3 Å². The zero-order chi connectivity index (χ0) is 13.1. The first-order chi connectivity index (χ1) is 8.84. The molecule has 1 rings (SSSR count). The summed E-state index contributed by atoms with van der Waals surface area (Å²) in [5, 5.41) is 0. The zero-order valence-electron chi connectivity index (χ0n) is 12.3. The Labute approximate surface area is 113 Å². The second-order valence-corrected chi connectivity index (χ2v) is 5.37. The van der Waals surface area contributed by atoms with Gasteiger partial charge in [0.15, 0.2) is 0 Å². The first-order valence-corrected chi connectivity index (χ1v) is 7.72. The highest BCUT2D eigenvalue weighted by atomic mass is 15.1. The van der Waals surface area contributed by atoms with E-state index in [2.05, 4.69) is 44.3 Å². The minimum Gasteiger partial charge on any atom is -0.305 e. The summed E-state index contributed by atoms with van der Waals surface area (Å²) in [6, 6.07) is 10.8. The van der Waals surface area contributed by atoms with Gasteiger partial charge in [0.1, 0.15) is 5.69 Å². The molecule has 18 heavy (non-hydrogen) atoms. The quantitative estimate of drug-likeness (QED) is 0.598. The lowest BCUT2D eigenvalue weighted by molar-refractivity contribution is -0.810. The summed E-state index contributed by atoms with van der Waals surface area (Å²) in [4.78, 5) is 1.54. The van der Waals surface area contributed by atoms with Crippen LogP contribution in [0.2, 0.25) is 0 Å². The molecule has 1 N–H and O–H groups in total. The topological polar surface area (TPSA) is 4.44 Å². The lowest BCUT2D eigenvalue weighted by atomic mass is 10.1.